The molecule has 0 aliphatic heterocycles. The van der Waals surface area contributed by atoms with Crippen LogP contribution in [0.2, 0.25) is 0 Å². The second kappa shape index (κ2) is 14.1. The summed E-state index contributed by atoms with van der Waals surface area (Å²) in [5, 5.41) is 12.2. The fraction of sp³-hybridized carbons (Fsp3) is 0.0169. The Morgan fingerprint density at radius 1 is 0.426 bits per heavy atom. The van der Waals surface area contributed by atoms with E-state index < -0.39 is 0 Å². The zero-order valence-corrected chi connectivity index (χ0v) is 34.4. The van der Waals surface area contributed by atoms with Crippen molar-refractivity contribution >= 4 is 97.9 Å². The number of rotatable bonds is 6. The lowest BCUT2D eigenvalue weighted by molar-refractivity contribution is 0.669. The van der Waals surface area contributed by atoms with Crippen molar-refractivity contribution in [2.45, 2.75) is 6.92 Å². The predicted molar refractivity (Wildman–Crippen MR) is 266 cm³/mol. The van der Waals surface area contributed by atoms with Crippen molar-refractivity contribution in [2.24, 2.45) is 0 Å². The van der Waals surface area contributed by atoms with Crippen LogP contribution in [0.1, 0.15) is 18.1 Å². The Morgan fingerprint density at radius 3 is 1.61 bits per heavy atom. The minimum absolute atomic E-state index is 0.886. The van der Waals surface area contributed by atoms with Crippen LogP contribution >= 0.6 is 11.3 Å². The predicted octanol–water partition coefficient (Wildman–Crippen LogP) is 17.8. The second-order valence-electron chi connectivity index (χ2n) is 15.8. The van der Waals surface area contributed by atoms with Gasteiger partial charge in [-0.25, -0.2) is 0 Å². The van der Waals surface area contributed by atoms with Crippen molar-refractivity contribution in [3.63, 3.8) is 0 Å². The maximum atomic E-state index is 6.41. The molecule has 0 amide bonds. The van der Waals surface area contributed by atoms with E-state index in [1.165, 1.54) is 91.4 Å². The number of fused-ring (bicyclic) bond motifs is 9. The third kappa shape index (κ3) is 5.32. The molecule has 2 heterocycles. The fourth-order valence-corrected chi connectivity index (χ4v) is 11.3. The summed E-state index contributed by atoms with van der Waals surface area (Å²) in [6.45, 7) is 6.59. The topological polar surface area (TPSA) is 13.1 Å². The third-order valence-electron chi connectivity index (χ3n) is 12.6. The van der Waals surface area contributed by atoms with E-state index in [0.29, 0.717) is 0 Å². The Kier molecular flexibility index (Phi) is 8.16. The number of allylic oxidation sites excluding steroid dienone is 1. The molecule has 12 aromatic rings. The molecule has 2 heteroatoms. The zero-order valence-electron chi connectivity index (χ0n) is 33.6. The molecule has 0 saturated heterocycles. The molecule has 0 N–H and O–H groups in total. The first-order valence-electron chi connectivity index (χ1n) is 20.9. The van der Waals surface area contributed by atoms with Crippen molar-refractivity contribution in [1.29, 1.82) is 0 Å². The zero-order chi connectivity index (χ0) is 40.6. The molecule has 0 bridgehead atoms. The molecule has 61 heavy (non-hydrogen) atoms. The summed E-state index contributed by atoms with van der Waals surface area (Å²) < 4.78 is 8.97. The van der Waals surface area contributed by atoms with Crippen LogP contribution < -0.4 is 0 Å². The minimum atomic E-state index is 0.886. The van der Waals surface area contributed by atoms with Gasteiger partial charge in [-0.1, -0.05) is 183 Å². The Morgan fingerprint density at radius 2 is 0.951 bits per heavy atom. The number of para-hydroxylation sites is 1. The van der Waals surface area contributed by atoms with Gasteiger partial charge in [0.05, 0.1) is 0 Å². The van der Waals surface area contributed by atoms with Gasteiger partial charge in [-0.05, 0) is 114 Å². The molecular weight excluding hydrogens is 757 g/mol. The lowest BCUT2D eigenvalue weighted by Gasteiger charge is -2.21. The molecule has 0 aliphatic carbocycles. The first kappa shape index (κ1) is 35.4. The van der Waals surface area contributed by atoms with E-state index in [2.05, 4.69) is 208 Å². The summed E-state index contributed by atoms with van der Waals surface area (Å²) >= 11 is 1.89. The normalized spacial score (nSPS) is 12.0. The van der Waals surface area contributed by atoms with Crippen LogP contribution in [0.15, 0.2) is 199 Å². The average Bonchev–Trinajstić information content (AvgIpc) is 3.89. The molecule has 0 aliphatic rings. The monoisotopic (exact) mass is 794 g/mol. The van der Waals surface area contributed by atoms with Crippen LogP contribution in [0, 0.1) is 0 Å². The smallest absolute Gasteiger partial charge is 0.136 e. The first-order chi connectivity index (χ1) is 30.2. The van der Waals surface area contributed by atoms with Crippen molar-refractivity contribution in [2.75, 3.05) is 0 Å². The van der Waals surface area contributed by atoms with Crippen molar-refractivity contribution in [3.05, 3.63) is 206 Å². The number of thiophene rings is 1. The molecule has 0 unspecified atom stereocenters. The van der Waals surface area contributed by atoms with E-state index in [0.717, 1.165) is 38.6 Å². The van der Waals surface area contributed by atoms with Gasteiger partial charge >= 0.3 is 0 Å². The lowest BCUT2D eigenvalue weighted by atomic mass is 9.82. The summed E-state index contributed by atoms with van der Waals surface area (Å²) in [5.74, 6) is 0. The van der Waals surface area contributed by atoms with Crippen molar-refractivity contribution < 1.29 is 4.42 Å². The van der Waals surface area contributed by atoms with Gasteiger partial charge < -0.3 is 4.42 Å². The van der Waals surface area contributed by atoms with Gasteiger partial charge in [0, 0.05) is 36.5 Å². The van der Waals surface area contributed by atoms with Gasteiger partial charge in [0.25, 0.3) is 0 Å². The van der Waals surface area contributed by atoms with E-state index in [1.54, 1.807) is 0 Å². The number of hydrogen-bond acceptors (Lipinski definition) is 2. The first-order valence-corrected chi connectivity index (χ1v) is 21.7. The van der Waals surface area contributed by atoms with Crippen LogP contribution in [0.5, 0.6) is 0 Å². The van der Waals surface area contributed by atoms with Gasteiger partial charge in [-0.2, -0.15) is 0 Å². The van der Waals surface area contributed by atoms with E-state index in [1.807, 2.05) is 17.4 Å². The maximum absolute atomic E-state index is 6.41. The number of benzene rings is 10. The van der Waals surface area contributed by atoms with Crippen LogP contribution in [-0.4, -0.2) is 0 Å². The van der Waals surface area contributed by atoms with E-state index in [4.69, 9.17) is 4.42 Å². The highest BCUT2D eigenvalue weighted by atomic mass is 32.1. The summed E-state index contributed by atoms with van der Waals surface area (Å²) in [4.78, 5) is 0. The number of hydrogen-bond donors (Lipinski definition) is 0. The van der Waals surface area contributed by atoms with Gasteiger partial charge in [0.1, 0.15) is 11.2 Å². The van der Waals surface area contributed by atoms with Crippen LogP contribution in [0.3, 0.4) is 0 Å². The largest absolute Gasteiger partial charge is 0.456 e. The maximum Gasteiger partial charge on any atom is 0.136 e. The third-order valence-corrected chi connectivity index (χ3v) is 13.8. The molecule has 10 aromatic carbocycles. The molecule has 2 aromatic heterocycles. The van der Waals surface area contributed by atoms with Crippen LogP contribution in [-0.2, 0) is 0 Å². The molecule has 0 fully saturated rings. The second-order valence-corrected chi connectivity index (χ2v) is 16.9. The Balaban J connectivity index is 1.12. The highest BCUT2D eigenvalue weighted by Crippen LogP contribution is 2.51. The Labute approximate surface area is 357 Å². The molecule has 12 rings (SSSR count). The highest BCUT2D eigenvalue weighted by molar-refractivity contribution is 7.26. The van der Waals surface area contributed by atoms with Gasteiger partial charge in [-0.15, -0.1) is 11.3 Å². The van der Waals surface area contributed by atoms with Crippen molar-refractivity contribution in [3.8, 4) is 44.5 Å². The van der Waals surface area contributed by atoms with Gasteiger partial charge in [0.2, 0.25) is 0 Å². The molecule has 0 spiro atoms. The molecule has 0 radical (unpaired) electrons. The number of furan rings is 1. The van der Waals surface area contributed by atoms with Gasteiger partial charge in [-0.3, -0.25) is 0 Å². The fourth-order valence-electron chi connectivity index (χ4n) is 10.1. The molecular formula is C59H38OS. The van der Waals surface area contributed by atoms with E-state index in [-0.39, 0.29) is 0 Å². The summed E-state index contributed by atoms with van der Waals surface area (Å²) in [6.07, 6.45) is 6.49. The molecule has 0 saturated carbocycles. The van der Waals surface area contributed by atoms with Crippen LogP contribution in [0.25, 0.3) is 131 Å². The highest BCUT2D eigenvalue weighted by Gasteiger charge is 2.24. The van der Waals surface area contributed by atoms with Crippen molar-refractivity contribution in [1.82, 2.24) is 0 Å². The average molecular weight is 795 g/mol. The van der Waals surface area contributed by atoms with Crippen LogP contribution in [0.4, 0.5) is 0 Å². The molecule has 0 atom stereocenters. The molecule has 1 nitrogen and oxygen atoms in total. The summed E-state index contributed by atoms with van der Waals surface area (Å²) in [5.41, 5.74) is 13.9. The van der Waals surface area contributed by atoms with E-state index in [9.17, 15) is 0 Å². The SMILES string of the molecule is C=Cc1c(/C=C\C)c(-c2cccc3c2sc2ccc(-c4c5ccccc5c(-c5ccccc5)c5ccccc45)cc23)c2ccccc2c1-c1cccc2oc3ccccc3c12. The quantitative estimate of drug-likeness (QED) is 0.153. The lowest BCUT2D eigenvalue weighted by Crippen LogP contribution is -1.96. The Hall–Kier alpha value is -7.52. The minimum Gasteiger partial charge on any atom is -0.456 e. The van der Waals surface area contributed by atoms with Gasteiger partial charge in [0.15, 0.2) is 0 Å². The van der Waals surface area contributed by atoms with E-state index >= 15 is 0 Å². The molecule has 286 valence electrons. The Bertz CT molecular complexity index is 3730. The summed E-state index contributed by atoms with van der Waals surface area (Å²) in [6, 6.07) is 66.3. The standard InChI is InChI=1S/C59H38OS/c1-3-18-39-38(4-2)56(48-29-17-32-52-58(48)47-27-14-15-31-51(47)60-52)44-25-12-13-26-45(44)57(39)49-30-16-28-46-50-35-37(33-34-53(50)61-59(46)49)55-42-23-10-8-21-40(42)54(36-19-6-5-7-20-36)41-22-9-11-24-43(41)55/h3-35H,2H2,1H3/b18-3-. The summed E-state index contributed by atoms with van der Waals surface area (Å²) in [7, 11) is 0.